The van der Waals surface area contributed by atoms with Gasteiger partial charge in [0, 0.05) is 6.54 Å². The molecule has 0 aliphatic carbocycles. The molecule has 0 fully saturated rings. The molecule has 5 nitrogen and oxygen atoms in total. The number of urea groups is 1. The van der Waals surface area contributed by atoms with E-state index in [-0.39, 0.29) is 18.0 Å². The molecule has 2 aliphatic rings. The molecule has 3 rings (SSSR count). The number of rotatable bonds is 3. The van der Waals surface area contributed by atoms with E-state index in [2.05, 4.69) is 10.6 Å². The van der Waals surface area contributed by atoms with E-state index in [9.17, 15) is 9.59 Å². The van der Waals surface area contributed by atoms with E-state index in [1.54, 1.807) is 4.90 Å². The van der Waals surface area contributed by atoms with Gasteiger partial charge < -0.3 is 15.5 Å². The Bertz CT molecular complexity index is 619. The smallest absolute Gasteiger partial charge is 0.319 e. The first-order chi connectivity index (χ1) is 10.1. The van der Waals surface area contributed by atoms with E-state index in [0.717, 1.165) is 23.2 Å². The molecule has 110 valence electrons. The second kappa shape index (κ2) is 5.24. The highest BCUT2D eigenvalue weighted by Gasteiger charge is 2.39. The molecule has 2 aliphatic heterocycles. The number of amides is 3. The van der Waals surface area contributed by atoms with Crippen LogP contribution in [-0.2, 0) is 4.79 Å². The molecule has 1 aromatic carbocycles. The number of carbonyl (C=O) groups is 2. The lowest BCUT2D eigenvalue weighted by atomic mass is 9.95. The summed E-state index contributed by atoms with van der Waals surface area (Å²) in [6, 6.07) is 7.31. The Balaban J connectivity index is 1.96. The molecule has 0 unspecified atom stereocenters. The first-order valence-corrected chi connectivity index (χ1v) is 7.26. The van der Waals surface area contributed by atoms with Crippen LogP contribution in [0.5, 0.6) is 0 Å². The minimum Gasteiger partial charge on any atom is -0.333 e. The minimum atomic E-state index is -0.358. The van der Waals surface area contributed by atoms with E-state index >= 15 is 0 Å². The van der Waals surface area contributed by atoms with Gasteiger partial charge >= 0.3 is 6.03 Å². The van der Waals surface area contributed by atoms with E-state index in [4.69, 9.17) is 0 Å². The SMILES string of the molecule is CCCN1CC2=C(C1=O)[C@@H](c1ccc(C)cc1)NC(=O)N2. The zero-order chi connectivity index (χ0) is 15.0. The third-order valence-corrected chi connectivity index (χ3v) is 3.92. The van der Waals surface area contributed by atoms with Crippen molar-refractivity contribution in [3.05, 3.63) is 46.7 Å². The molecule has 1 atom stereocenters. The summed E-state index contributed by atoms with van der Waals surface area (Å²) in [6.07, 6.45) is 0.906. The molecule has 0 saturated heterocycles. The normalized spacial score (nSPS) is 21.2. The number of hydrogen-bond donors (Lipinski definition) is 2. The number of carbonyl (C=O) groups excluding carboxylic acids is 2. The van der Waals surface area contributed by atoms with Crippen LogP contribution in [0.1, 0.15) is 30.5 Å². The van der Waals surface area contributed by atoms with Gasteiger partial charge in [-0.05, 0) is 18.9 Å². The van der Waals surface area contributed by atoms with Gasteiger partial charge in [-0.3, -0.25) is 4.79 Å². The molecule has 3 amide bonds. The fraction of sp³-hybridized carbons (Fsp3) is 0.375. The fourth-order valence-corrected chi connectivity index (χ4v) is 2.89. The highest BCUT2D eigenvalue weighted by Crippen LogP contribution is 2.32. The predicted molar refractivity (Wildman–Crippen MR) is 79.5 cm³/mol. The third-order valence-electron chi connectivity index (χ3n) is 3.92. The molecule has 0 spiro atoms. The van der Waals surface area contributed by atoms with Gasteiger partial charge in [0.25, 0.3) is 5.91 Å². The summed E-state index contributed by atoms with van der Waals surface area (Å²) in [5.74, 6) is 0.0184. The maximum Gasteiger partial charge on any atom is 0.319 e. The second-order valence-electron chi connectivity index (χ2n) is 5.56. The Kier molecular flexibility index (Phi) is 3.41. The average molecular weight is 285 g/mol. The van der Waals surface area contributed by atoms with Gasteiger partial charge in [-0.2, -0.15) is 0 Å². The van der Waals surface area contributed by atoms with Crippen LogP contribution >= 0.6 is 0 Å². The monoisotopic (exact) mass is 285 g/mol. The molecular weight excluding hydrogens is 266 g/mol. The van der Waals surface area contributed by atoms with Crippen molar-refractivity contribution in [2.75, 3.05) is 13.1 Å². The summed E-state index contributed by atoms with van der Waals surface area (Å²) in [5, 5.41) is 5.64. The standard InChI is InChI=1S/C16H19N3O2/c1-3-8-19-9-12-13(15(19)20)14(18-16(21)17-12)11-6-4-10(2)5-7-11/h4-7,14H,3,8-9H2,1-2H3,(H2,17,18,21)/t14-/m1/s1. The molecule has 0 aromatic heterocycles. The maximum atomic E-state index is 12.6. The molecule has 0 radical (unpaired) electrons. The first kappa shape index (κ1) is 13.7. The van der Waals surface area contributed by atoms with Crippen molar-refractivity contribution in [1.82, 2.24) is 15.5 Å². The van der Waals surface area contributed by atoms with Crippen molar-refractivity contribution >= 4 is 11.9 Å². The summed E-state index contributed by atoms with van der Waals surface area (Å²) in [6.45, 7) is 5.26. The van der Waals surface area contributed by atoms with Crippen molar-refractivity contribution in [2.45, 2.75) is 26.3 Å². The van der Waals surface area contributed by atoms with Crippen LogP contribution in [0.2, 0.25) is 0 Å². The van der Waals surface area contributed by atoms with Gasteiger partial charge in [-0.15, -0.1) is 0 Å². The van der Waals surface area contributed by atoms with Crippen LogP contribution in [0.15, 0.2) is 35.5 Å². The zero-order valence-corrected chi connectivity index (χ0v) is 12.3. The van der Waals surface area contributed by atoms with Gasteiger partial charge in [-0.1, -0.05) is 36.8 Å². The Hall–Kier alpha value is -2.30. The summed E-state index contributed by atoms with van der Waals surface area (Å²) in [5.41, 5.74) is 3.50. The number of nitrogens with zero attached hydrogens (tertiary/aromatic N) is 1. The number of benzene rings is 1. The largest absolute Gasteiger partial charge is 0.333 e. The minimum absolute atomic E-state index is 0.0184. The van der Waals surface area contributed by atoms with Gasteiger partial charge in [0.05, 0.1) is 23.9 Å². The van der Waals surface area contributed by atoms with E-state index < -0.39 is 0 Å². The van der Waals surface area contributed by atoms with Crippen LogP contribution < -0.4 is 10.6 Å². The van der Waals surface area contributed by atoms with Crippen molar-refractivity contribution in [2.24, 2.45) is 0 Å². The van der Waals surface area contributed by atoms with Crippen molar-refractivity contribution in [3.8, 4) is 0 Å². The summed E-state index contributed by atoms with van der Waals surface area (Å²) >= 11 is 0. The Morgan fingerprint density at radius 3 is 2.62 bits per heavy atom. The van der Waals surface area contributed by atoms with Gasteiger partial charge in [-0.25, -0.2) is 4.79 Å². The molecule has 1 aromatic rings. The summed E-state index contributed by atoms with van der Waals surface area (Å²) < 4.78 is 0. The van der Waals surface area contributed by atoms with Crippen LogP contribution in [0.3, 0.4) is 0 Å². The quantitative estimate of drug-likeness (QED) is 0.890. The van der Waals surface area contributed by atoms with Crippen LogP contribution in [0, 0.1) is 6.92 Å². The lowest BCUT2D eigenvalue weighted by molar-refractivity contribution is -0.125. The first-order valence-electron chi connectivity index (χ1n) is 7.26. The van der Waals surface area contributed by atoms with Crippen molar-refractivity contribution in [3.63, 3.8) is 0 Å². The third kappa shape index (κ3) is 2.39. The highest BCUT2D eigenvalue weighted by atomic mass is 16.2. The lowest BCUT2D eigenvalue weighted by Gasteiger charge is -2.25. The second-order valence-corrected chi connectivity index (χ2v) is 5.56. The Morgan fingerprint density at radius 1 is 1.24 bits per heavy atom. The molecule has 2 heterocycles. The lowest BCUT2D eigenvalue weighted by Crippen LogP contribution is -2.44. The molecule has 0 bridgehead atoms. The summed E-state index contributed by atoms with van der Waals surface area (Å²) in [7, 11) is 0. The van der Waals surface area contributed by atoms with E-state index in [0.29, 0.717) is 18.7 Å². The molecular formula is C16H19N3O2. The van der Waals surface area contributed by atoms with Crippen molar-refractivity contribution in [1.29, 1.82) is 0 Å². The fourth-order valence-electron chi connectivity index (χ4n) is 2.89. The van der Waals surface area contributed by atoms with E-state index in [1.807, 2.05) is 38.1 Å². The number of nitrogens with one attached hydrogen (secondary N) is 2. The number of aryl methyl sites for hydroxylation is 1. The average Bonchev–Trinajstić information content (AvgIpc) is 2.76. The zero-order valence-electron chi connectivity index (χ0n) is 12.3. The van der Waals surface area contributed by atoms with E-state index in [1.165, 1.54) is 0 Å². The van der Waals surface area contributed by atoms with Gasteiger partial charge in [0.1, 0.15) is 0 Å². The van der Waals surface area contributed by atoms with Gasteiger partial charge in [0.2, 0.25) is 0 Å². The summed E-state index contributed by atoms with van der Waals surface area (Å²) in [4.78, 5) is 26.2. The highest BCUT2D eigenvalue weighted by molar-refractivity contribution is 6.01. The predicted octanol–water partition coefficient (Wildman–Crippen LogP) is 1.86. The maximum absolute atomic E-state index is 12.6. The molecule has 21 heavy (non-hydrogen) atoms. The molecule has 0 saturated carbocycles. The Labute approximate surface area is 124 Å². The molecule has 2 N–H and O–H groups in total. The molecule has 5 heteroatoms. The number of hydrogen-bond acceptors (Lipinski definition) is 2. The topological polar surface area (TPSA) is 61.4 Å². The Morgan fingerprint density at radius 2 is 1.95 bits per heavy atom. The van der Waals surface area contributed by atoms with Gasteiger partial charge in [0.15, 0.2) is 0 Å². The van der Waals surface area contributed by atoms with Crippen LogP contribution in [-0.4, -0.2) is 29.9 Å². The van der Waals surface area contributed by atoms with Crippen molar-refractivity contribution < 1.29 is 9.59 Å². The van der Waals surface area contributed by atoms with Crippen LogP contribution in [0.4, 0.5) is 4.79 Å². The van der Waals surface area contributed by atoms with Crippen LogP contribution in [0.25, 0.3) is 0 Å².